The maximum atomic E-state index is 12.6. The van der Waals surface area contributed by atoms with Crippen molar-refractivity contribution in [1.82, 2.24) is 9.91 Å². The van der Waals surface area contributed by atoms with Gasteiger partial charge in [0.25, 0.3) is 0 Å². The van der Waals surface area contributed by atoms with Gasteiger partial charge in [-0.05, 0) is 30.2 Å². The zero-order valence-electron chi connectivity index (χ0n) is 14.7. The molecule has 2 aromatic rings. The molecule has 0 saturated carbocycles. The highest BCUT2D eigenvalue weighted by atomic mass is 19.4. The van der Waals surface area contributed by atoms with Crippen molar-refractivity contribution in [3.05, 3.63) is 70.8 Å². The molecule has 0 unspecified atom stereocenters. The summed E-state index contributed by atoms with van der Waals surface area (Å²) in [6.45, 7) is 6.45. The third-order valence-electron chi connectivity index (χ3n) is 4.48. The van der Waals surface area contributed by atoms with E-state index in [0.717, 1.165) is 44.9 Å². The topological polar surface area (TPSA) is 18.8 Å². The Balaban J connectivity index is 1.49. The lowest BCUT2D eigenvalue weighted by Gasteiger charge is -2.33. The standard InChI is InChI=1S/C20H22F3N3/c1-16-2-4-18(5-3-16)15-25-10-12-26(13-11-25)24-14-17-6-8-19(9-7-17)20(21,22)23/h2-9,14H,10-13,15H2,1H3/b24-14+. The molecule has 0 N–H and O–H groups in total. The van der Waals surface area contributed by atoms with E-state index in [1.807, 2.05) is 5.01 Å². The van der Waals surface area contributed by atoms with E-state index < -0.39 is 11.7 Å². The molecule has 0 aromatic heterocycles. The molecule has 2 aromatic carbocycles. The van der Waals surface area contributed by atoms with Crippen LogP contribution in [0.3, 0.4) is 0 Å². The molecule has 0 spiro atoms. The third kappa shape index (κ3) is 5.08. The molecule has 1 heterocycles. The number of hydrogen-bond donors (Lipinski definition) is 0. The monoisotopic (exact) mass is 361 g/mol. The second-order valence-electron chi connectivity index (χ2n) is 6.58. The first kappa shape index (κ1) is 18.5. The first-order valence-corrected chi connectivity index (χ1v) is 8.64. The molecule has 0 radical (unpaired) electrons. The molecule has 3 nitrogen and oxygen atoms in total. The summed E-state index contributed by atoms with van der Waals surface area (Å²) in [5.41, 5.74) is 2.59. The largest absolute Gasteiger partial charge is 0.416 e. The maximum absolute atomic E-state index is 12.6. The number of alkyl halides is 3. The van der Waals surface area contributed by atoms with Crippen LogP contribution in [0.1, 0.15) is 22.3 Å². The van der Waals surface area contributed by atoms with Gasteiger partial charge in [0, 0.05) is 32.7 Å². The summed E-state index contributed by atoms with van der Waals surface area (Å²) in [6, 6.07) is 13.6. The average molecular weight is 361 g/mol. The van der Waals surface area contributed by atoms with Crippen LogP contribution in [0.2, 0.25) is 0 Å². The Bertz CT molecular complexity index is 728. The molecule has 0 aliphatic carbocycles. The number of rotatable bonds is 4. The molecule has 3 rings (SSSR count). The lowest BCUT2D eigenvalue weighted by atomic mass is 10.1. The van der Waals surface area contributed by atoms with Gasteiger partial charge in [-0.15, -0.1) is 0 Å². The van der Waals surface area contributed by atoms with E-state index in [4.69, 9.17) is 0 Å². The number of halogens is 3. The predicted molar refractivity (Wildman–Crippen MR) is 97.1 cm³/mol. The van der Waals surface area contributed by atoms with Crippen LogP contribution in [-0.4, -0.2) is 42.3 Å². The molecule has 0 atom stereocenters. The summed E-state index contributed by atoms with van der Waals surface area (Å²) in [5.74, 6) is 0. The normalized spacial score (nSPS) is 16.4. The molecule has 1 saturated heterocycles. The Kier molecular flexibility index (Phi) is 5.61. The van der Waals surface area contributed by atoms with Crippen molar-refractivity contribution in [2.75, 3.05) is 26.2 Å². The lowest BCUT2D eigenvalue weighted by molar-refractivity contribution is -0.137. The minimum atomic E-state index is -4.30. The van der Waals surface area contributed by atoms with Crippen LogP contribution in [0.5, 0.6) is 0 Å². The van der Waals surface area contributed by atoms with Gasteiger partial charge >= 0.3 is 6.18 Å². The van der Waals surface area contributed by atoms with Gasteiger partial charge in [-0.1, -0.05) is 42.0 Å². The van der Waals surface area contributed by atoms with E-state index >= 15 is 0 Å². The fraction of sp³-hybridized carbons (Fsp3) is 0.350. The van der Waals surface area contributed by atoms with Gasteiger partial charge in [-0.3, -0.25) is 9.91 Å². The highest BCUT2D eigenvalue weighted by molar-refractivity contribution is 5.79. The van der Waals surface area contributed by atoms with E-state index in [1.54, 1.807) is 6.21 Å². The van der Waals surface area contributed by atoms with E-state index in [1.165, 1.54) is 23.3 Å². The smallest absolute Gasteiger partial charge is 0.295 e. The fourth-order valence-corrected chi connectivity index (χ4v) is 2.87. The summed E-state index contributed by atoms with van der Waals surface area (Å²) >= 11 is 0. The number of piperazine rings is 1. The van der Waals surface area contributed by atoms with Crippen LogP contribution in [0, 0.1) is 6.92 Å². The number of aryl methyl sites for hydroxylation is 1. The van der Waals surface area contributed by atoms with Crippen LogP contribution >= 0.6 is 0 Å². The molecule has 1 aliphatic heterocycles. The van der Waals surface area contributed by atoms with Gasteiger partial charge in [-0.2, -0.15) is 18.3 Å². The summed E-state index contributed by atoms with van der Waals surface area (Å²) in [5, 5.41) is 6.36. The van der Waals surface area contributed by atoms with Gasteiger partial charge in [-0.25, -0.2) is 0 Å². The second kappa shape index (κ2) is 7.91. The fourth-order valence-electron chi connectivity index (χ4n) is 2.87. The van der Waals surface area contributed by atoms with Gasteiger partial charge in [0.1, 0.15) is 0 Å². The minimum absolute atomic E-state index is 0.639. The molecule has 0 amide bonds. The van der Waals surface area contributed by atoms with Crippen molar-refractivity contribution in [1.29, 1.82) is 0 Å². The van der Waals surface area contributed by atoms with Crippen molar-refractivity contribution in [3.8, 4) is 0 Å². The Morgan fingerprint density at radius 3 is 2.12 bits per heavy atom. The Morgan fingerprint density at radius 2 is 1.54 bits per heavy atom. The predicted octanol–water partition coefficient (Wildman–Crippen LogP) is 4.17. The highest BCUT2D eigenvalue weighted by Crippen LogP contribution is 2.28. The number of benzene rings is 2. The maximum Gasteiger partial charge on any atom is 0.416 e. The summed E-state index contributed by atoms with van der Waals surface area (Å²) < 4.78 is 37.7. The molecular formula is C20H22F3N3. The molecule has 6 heteroatoms. The molecule has 1 fully saturated rings. The van der Waals surface area contributed by atoms with Crippen molar-refractivity contribution < 1.29 is 13.2 Å². The Labute approximate surface area is 151 Å². The van der Waals surface area contributed by atoms with Gasteiger partial charge in [0.15, 0.2) is 0 Å². The van der Waals surface area contributed by atoms with E-state index in [-0.39, 0.29) is 0 Å². The zero-order chi connectivity index (χ0) is 18.6. The summed E-state index contributed by atoms with van der Waals surface area (Å²) in [4.78, 5) is 2.38. The molecule has 0 bridgehead atoms. The van der Waals surface area contributed by atoms with Crippen LogP contribution in [0.25, 0.3) is 0 Å². The molecule has 1 aliphatic rings. The number of hydrazone groups is 1. The second-order valence-corrected chi connectivity index (χ2v) is 6.58. The highest BCUT2D eigenvalue weighted by Gasteiger charge is 2.29. The molecule has 138 valence electrons. The van der Waals surface area contributed by atoms with Crippen molar-refractivity contribution in [3.63, 3.8) is 0 Å². The van der Waals surface area contributed by atoms with Crippen LogP contribution in [0.15, 0.2) is 53.6 Å². The first-order valence-electron chi connectivity index (χ1n) is 8.64. The van der Waals surface area contributed by atoms with E-state index in [9.17, 15) is 13.2 Å². The molecule has 26 heavy (non-hydrogen) atoms. The Morgan fingerprint density at radius 1 is 0.923 bits per heavy atom. The van der Waals surface area contributed by atoms with Crippen LogP contribution in [-0.2, 0) is 12.7 Å². The number of nitrogens with zero attached hydrogens (tertiary/aromatic N) is 3. The summed E-state index contributed by atoms with van der Waals surface area (Å²) in [7, 11) is 0. The number of hydrogen-bond acceptors (Lipinski definition) is 3. The van der Waals surface area contributed by atoms with Crippen molar-refractivity contribution in [2.45, 2.75) is 19.6 Å². The first-order chi connectivity index (χ1) is 12.4. The van der Waals surface area contributed by atoms with Crippen molar-refractivity contribution in [2.24, 2.45) is 5.10 Å². The van der Waals surface area contributed by atoms with Crippen LogP contribution < -0.4 is 0 Å². The quantitative estimate of drug-likeness (QED) is 0.762. The minimum Gasteiger partial charge on any atom is -0.295 e. The van der Waals surface area contributed by atoms with Crippen molar-refractivity contribution >= 4 is 6.21 Å². The van der Waals surface area contributed by atoms with E-state index in [0.29, 0.717) is 5.56 Å². The SMILES string of the molecule is Cc1ccc(CN2CCN(/N=C/c3ccc(C(F)(F)F)cc3)CC2)cc1. The third-order valence-corrected chi connectivity index (χ3v) is 4.48. The van der Waals surface area contributed by atoms with E-state index in [2.05, 4.69) is 41.2 Å². The zero-order valence-corrected chi connectivity index (χ0v) is 14.7. The molecular weight excluding hydrogens is 339 g/mol. The van der Waals surface area contributed by atoms with Gasteiger partial charge < -0.3 is 0 Å². The Hall–Kier alpha value is -2.34. The van der Waals surface area contributed by atoms with Crippen LogP contribution in [0.4, 0.5) is 13.2 Å². The average Bonchev–Trinajstić information content (AvgIpc) is 2.63. The van der Waals surface area contributed by atoms with Gasteiger partial charge in [0.2, 0.25) is 0 Å². The summed E-state index contributed by atoms with van der Waals surface area (Å²) in [6.07, 6.45) is -2.68. The lowest BCUT2D eigenvalue weighted by Crippen LogP contribution is -2.43. The van der Waals surface area contributed by atoms with Gasteiger partial charge in [0.05, 0.1) is 11.8 Å².